The Morgan fingerprint density at radius 1 is 1.26 bits per heavy atom. The summed E-state index contributed by atoms with van der Waals surface area (Å²) in [6.45, 7) is 2.23. The first kappa shape index (κ1) is 13.4. The van der Waals surface area contributed by atoms with Gasteiger partial charge in [-0.1, -0.05) is 29.8 Å². The fourth-order valence-electron chi connectivity index (χ4n) is 1.68. The third kappa shape index (κ3) is 3.48. The molecular weight excluding hydrogens is 264 g/mol. The Kier molecular flexibility index (Phi) is 4.07. The lowest BCUT2D eigenvalue weighted by atomic mass is 10.1. The van der Waals surface area contributed by atoms with E-state index >= 15 is 0 Å². The Morgan fingerprint density at radius 3 is 2.74 bits per heavy atom. The number of ether oxygens (including phenoxy) is 1. The number of rotatable bonds is 4. The van der Waals surface area contributed by atoms with Crippen LogP contribution in [0.3, 0.4) is 0 Å². The predicted molar refractivity (Wildman–Crippen MR) is 73.9 cm³/mol. The third-order valence-electron chi connectivity index (χ3n) is 2.72. The molecule has 0 radical (unpaired) electrons. The first-order valence-corrected chi connectivity index (χ1v) is 6.15. The molecule has 0 aliphatic carbocycles. The maximum absolute atomic E-state index is 10.9. The van der Waals surface area contributed by atoms with E-state index in [-0.39, 0.29) is 5.56 Å². The van der Waals surface area contributed by atoms with E-state index in [1.165, 1.54) is 6.07 Å². The van der Waals surface area contributed by atoms with Crippen molar-refractivity contribution in [2.24, 2.45) is 0 Å². The molecule has 0 aliphatic rings. The quantitative estimate of drug-likeness (QED) is 0.920. The van der Waals surface area contributed by atoms with Crippen molar-refractivity contribution in [1.29, 1.82) is 0 Å². The van der Waals surface area contributed by atoms with Crippen LogP contribution in [0.5, 0.6) is 5.75 Å². The minimum Gasteiger partial charge on any atom is -0.489 e. The number of aromatic carboxylic acids is 1. The second-order valence-corrected chi connectivity index (χ2v) is 4.64. The normalized spacial score (nSPS) is 10.2. The van der Waals surface area contributed by atoms with Crippen molar-refractivity contribution in [3.05, 3.63) is 64.2 Å². The molecule has 0 saturated carbocycles. The Morgan fingerprint density at radius 2 is 2.05 bits per heavy atom. The lowest BCUT2D eigenvalue weighted by Crippen LogP contribution is -2.01. The molecule has 0 bridgehead atoms. The monoisotopic (exact) mass is 276 g/mol. The summed E-state index contributed by atoms with van der Waals surface area (Å²) in [5, 5.41) is 9.60. The van der Waals surface area contributed by atoms with Gasteiger partial charge in [-0.15, -0.1) is 0 Å². The van der Waals surface area contributed by atoms with Crippen LogP contribution in [0, 0.1) is 6.92 Å². The van der Waals surface area contributed by atoms with Gasteiger partial charge in [0.15, 0.2) is 0 Å². The molecule has 0 spiro atoms. The summed E-state index contributed by atoms with van der Waals surface area (Å²) in [5.74, 6) is -0.396. The van der Waals surface area contributed by atoms with E-state index in [1.54, 1.807) is 18.2 Å². The molecule has 0 aromatic heterocycles. The molecular formula is C15H13ClO3. The maximum atomic E-state index is 10.9. The fourth-order valence-corrected chi connectivity index (χ4v) is 1.89. The highest BCUT2D eigenvalue weighted by Gasteiger charge is 2.07. The van der Waals surface area contributed by atoms with E-state index in [0.29, 0.717) is 17.4 Å². The van der Waals surface area contributed by atoms with Crippen molar-refractivity contribution in [1.82, 2.24) is 0 Å². The molecule has 1 N–H and O–H groups in total. The highest BCUT2D eigenvalue weighted by molar-refractivity contribution is 6.30. The molecule has 0 heterocycles. The van der Waals surface area contributed by atoms with Gasteiger partial charge in [-0.05, 0) is 42.3 Å². The van der Waals surface area contributed by atoms with Crippen LogP contribution in [-0.2, 0) is 6.61 Å². The van der Waals surface area contributed by atoms with Crippen LogP contribution < -0.4 is 4.74 Å². The smallest absolute Gasteiger partial charge is 0.335 e. The maximum Gasteiger partial charge on any atom is 0.335 e. The minimum absolute atomic E-state index is 0.215. The number of benzene rings is 2. The lowest BCUT2D eigenvalue weighted by Gasteiger charge is -2.10. The summed E-state index contributed by atoms with van der Waals surface area (Å²) in [6, 6.07) is 12.2. The van der Waals surface area contributed by atoms with E-state index in [4.69, 9.17) is 21.4 Å². The van der Waals surface area contributed by atoms with Crippen LogP contribution in [-0.4, -0.2) is 11.1 Å². The van der Waals surface area contributed by atoms with Crippen molar-refractivity contribution in [3.63, 3.8) is 0 Å². The number of carboxylic acids is 1. The Bertz CT molecular complexity index is 608. The molecule has 19 heavy (non-hydrogen) atoms. The van der Waals surface area contributed by atoms with Crippen molar-refractivity contribution in [2.75, 3.05) is 0 Å². The third-order valence-corrected chi connectivity index (χ3v) is 2.95. The van der Waals surface area contributed by atoms with Crippen LogP contribution in [0.25, 0.3) is 0 Å². The first-order chi connectivity index (χ1) is 9.06. The number of carboxylic acid groups (broad SMARTS) is 1. The zero-order valence-corrected chi connectivity index (χ0v) is 11.1. The SMILES string of the molecule is Cc1ccc(C(=O)O)cc1OCc1cccc(Cl)c1. The number of carbonyl (C=O) groups is 1. The van der Waals surface area contributed by atoms with Gasteiger partial charge in [0.2, 0.25) is 0 Å². The van der Waals surface area contributed by atoms with Gasteiger partial charge in [0.05, 0.1) is 5.56 Å². The summed E-state index contributed by atoms with van der Waals surface area (Å²) in [7, 11) is 0. The van der Waals surface area contributed by atoms with Gasteiger partial charge < -0.3 is 9.84 Å². The summed E-state index contributed by atoms with van der Waals surface area (Å²) < 4.78 is 5.65. The van der Waals surface area contributed by atoms with Gasteiger partial charge in [0.25, 0.3) is 0 Å². The number of hydrogen-bond acceptors (Lipinski definition) is 2. The summed E-state index contributed by atoms with van der Waals surface area (Å²) in [5.41, 5.74) is 2.05. The molecule has 0 atom stereocenters. The second kappa shape index (κ2) is 5.76. The molecule has 0 saturated heterocycles. The Hall–Kier alpha value is -2.00. The molecule has 0 amide bonds. The molecule has 0 aliphatic heterocycles. The molecule has 0 unspecified atom stereocenters. The summed E-state index contributed by atoms with van der Waals surface area (Å²) in [4.78, 5) is 10.9. The zero-order chi connectivity index (χ0) is 13.8. The van der Waals surface area contributed by atoms with Gasteiger partial charge in [-0.3, -0.25) is 0 Å². The van der Waals surface area contributed by atoms with Crippen molar-refractivity contribution >= 4 is 17.6 Å². The number of aryl methyl sites for hydroxylation is 1. The average molecular weight is 277 g/mol. The Labute approximate surface area is 116 Å². The van der Waals surface area contributed by atoms with Crippen LogP contribution in [0.15, 0.2) is 42.5 Å². The van der Waals surface area contributed by atoms with Crippen LogP contribution in [0.1, 0.15) is 21.5 Å². The first-order valence-electron chi connectivity index (χ1n) is 5.77. The number of hydrogen-bond donors (Lipinski definition) is 1. The molecule has 98 valence electrons. The van der Waals surface area contributed by atoms with Gasteiger partial charge in [0.1, 0.15) is 12.4 Å². The number of halogens is 1. The second-order valence-electron chi connectivity index (χ2n) is 4.20. The highest BCUT2D eigenvalue weighted by Crippen LogP contribution is 2.21. The van der Waals surface area contributed by atoms with Crippen LogP contribution in [0.4, 0.5) is 0 Å². The highest BCUT2D eigenvalue weighted by atomic mass is 35.5. The molecule has 4 heteroatoms. The van der Waals surface area contributed by atoms with Gasteiger partial charge >= 0.3 is 5.97 Å². The van der Waals surface area contributed by atoms with E-state index in [0.717, 1.165) is 11.1 Å². The molecule has 2 rings (SSSR count). The topological polar surface area (TPSA) is 46.5 Å². The minimum atomic E-state index is -0.965. The zero-order valence-electron chi connectivity index (χ0n) is 10.4. The fraction of sp³-hybridized carbons (Fsp3) is 0.133. The van der Waals surface area contributed by atoms with Gasteiger partial charge in [-0.25, -0.2) is 4.79 Å². The van der Waals surface area contributed by atoms with Gasteiger partial charge in [-0.2, -0.15) is 0 Å². The molecule has 0 fully saturated rings. The summed E-state index contributed by atoms with van der Waals surface area (Å²) >= 11 is 5.89. The lowest BCUT2D eigenvalue weighted by molar-refractivity contribution is 0.0696. The predicted octanol–water partition coefficient (Wildman–Crippen LogP) is 3.93. The van der Waals surface area contributed by atoms with Crippen molar-refractivity contribution in [2.45, 2.75) is 13.5 Å². The van der Waals surface area contributed by atoms with Crippen LogP contribution >= 0.6 is 11.6 Å². The van der Waals surface area contributed by atoms with E-state index in [1.807, 2.05) is 25.1 Å². The molecule has 3 nitrogen and oxygen atoms in total. The largest absolute Gasteiger partial charge is 0.489 e. The van der Waals surface area contributed by atoms with Crippen molar-refractivity contribution < 1.29 is 14.6 Å². The van der Waals surface area contributed by atoms with Gasteiger partial charge in [0, 0.05) is 5.02 Å². The van der Waals surface area contributed by atoms with Crippen LogP contribution in [0.2, 0.25) is 5.02 Å². The van der Waals surface area contributed by atoms with E-state index in [9.17, 15) is 4.79 Å². The van der Waals surface area contributed by atoms with Crippen molar-refractivity contribution in [3.8, 4) is 5.75 Å². The Balaban J connectivity index is 2.15. The standard InChI is InChI=1S/C15H13ClO3/c1-10-5-6-12(15(17)18)8-14(10)19-9-11-3-2-4-13(16)7-11/h2-8H,9H2,1H3,(H,17,18). The average Bonchev–Trinajstić information content (AvgIpc) is 2.37. The van der Waals surface area contributed by atoms with E-state index < -0.39 is 5.97 Å². The van der Waals surface area contributed by atoms with E-state index in [2.05, 4.69) is 0 Å². The molecule has 2 aromatic carbocycles. The molecule has 2 aromatic rings. The summed E-state index contributed by atoms with van der Waals surface area (Å²) in [6.07, 6.45) is 0.